The van der Waals surface area contributed by atoms with E-state index in [2.05, 4.69) is 10.6 Å². The molecular weight excluding hydrogens is 1520 g/mol. The van der Waals surface area contributed by atoms with E-state index in [0.717, 1.165) is 75.4 Å². The first-order valence-electron chi connectivity index (χ1n) is 33.3. The van der Waals surface area contributed by atoms with Gasteiger partial charge in [-0.1, -0.05) is 50.2 Å². The van der Waals surface area contributed by atoms with Crippen LogP contribution in [0.3, 0.4) is 0 Å². The average Bonchev–Trinajstić information content (AvgIpc) is 1.48. The topological polar surface area (TPSA) is 337 Å². The van der Waals surface area contributed by atoms with E-state index in [9.17, 15) is 115 Å². The molecule has 4 atom stereocenters. The molecule has 3 aliphatic heterocycles. The molecule has 10 amide bonds. The molecule has 12 rings (SSSR count). The van der Waals surface area contributed by atoms with Gasteiger partial charge in [0.15, 0.2) is 37.0 Å². The fourth-order valence-corrected chi connectivity index (χ4v) is 16.8. The number of anilines is 3. The Morgan fingerprint density at radius 3 is 1.15 bits per heavy atom. The maximum atomic E-state index is 14.0. The largest absolute Gasteiger partial charge is 0.416 e. The zero-order chi connectivity index (χ0) is 80.8. The molecule has 6 aromatic carbocycles. The van der Waals surface area contributed by atoms with Crippen molar-refractivity contribution in [2.45, 2.75) is 111 Å². The predicted octanol–water partition coefficient (Wildman–Crippen LogP) is 13.6. The number of rotatable bonds is 12. The molecule has 3 heterocycles. The van der Waals surface area contributed by atoms with Gasteiger partial charge in [-0.25, -0.2) is 50.6 Å². The Morgan fingerprint density at radius 1 is 0.482 bits per heavy atom. The van der Waals surface area contributed by atoms with E-state index in [1.165, 1.54) is 99.8 Å². The number of carbonyl (C=O) groups is 8. The highest BCUT2D eigenvalue weighted by Crippen LogP contribution is 2.51. The first-order valence-corrected chi connectivity index (χ1v) is 38.2. The summed E-state index contributed by atoms with van der Waals surface area (Å²) in [6, 6.07) is 21.3. The molecule has 572 valence electrons. The number of imide groups is 2. The van der Waals surface area contributed by atoms with Crippen molar-refractivity contribution in [2.24, 2.45) is 0 Å². The Hall–Kier alpha value is -11.8. The van der Waals surface area contributed by atoms with Crippen LogP contribution in [0.25, 0.3) is 0 Å². The number of halogens is 9. The number of nitriles is 3. The molecule has 0 bridgehead atoms. The lowest BCUT2D eigenvalue weighted by molar-refractivity contribution is -0.138. The molecule has 2 N–H and O–H groups in total. The normalized spacial score (nSPS) is 18.4. The van der Waals surface area contributed by atoms with E-state index in [-0.39, 0.29) is 145 Å². The number of sulfone groups is 2. The fraction of sp³-hybridized carbons (Fsp3) is 0.284. The van der Waals surface area contributed by atoms with Gasteiger partial charge < -0.3 is 15.5 Å². The quantitative estimate of drug-likeness (QED) is 0.108. The molecule has 110 heavy (non-hydrogen) atoms. The van der Waals surface area contributed by atoms with Crippen LogP contribution in [-0.4, -0.2) is 122 Å². The lowest BCUT2D eigenvalue weighted by Gasteiger charge is -2.41. The molecule has 0 saturated carbocycles. The number of allylic oxidation sites excluding steroid dienone is 3. The summed E-state index contributed by atoms with van der Waals surface area (Å²) >= 11 is 0. The summed E-state index contributed by atoms with van der Waals surface area (Å²) in [6.45, 7) is 4.40. The van der Waals surface area contributed by atoms with E-state index in [4.69, 9.17) is 0 Å². The number of likely N-dealkylation sites (N-methyl/N-ethyl adjacent to an activating group) is 1. The Balaban J connectivity index is 0.000000176. The van der Waals surface area contributed by atoms with Crippen LogP contribution in [-0.2, 0) is 63.4 Å². The number of benzene rings is 6. The number of nitrogens with zero attached hydrogens (tertiary/aromatic N) is 9. The monoisotopic (exact) mass is 1580 g/mol. The molecule has 0 aromatic heterocycles. The minimum atomic E-state index is -4.72. The summed E-state index contributed by atoms with van der Waals surface area (Å²) in [5.74, 6) is -1.95. The number of carbonyl (C=O) groups excluding carboxylic acids is 8. The van der Waals surface area contributed by atoms with Crippen molar-refractivity contribution in [2.75, 3.05) is 53.1 Å². The van der Waals surface area contributed by atoms with Gasteiger partial charge in [0.1, 0.15) is 12.1 Å². The Kier molecular flexibility index (Phi) is 22.8. The lowest BCUT2D eigenvalue weighted by Crippen LogP contribution is -2.55. The highest BCUT2D eigenvalue weighted by molar-refractivity contribution is 7.91. The van der Waals surface area contributed by atoms with E-state index < -0.39 is 126 Å². The zero-order valence-electron chi connectivity index (χ0n) is 58.7. The molecule has 6 aromatic rings. The minimum Gasteiger partial charge on any atom is -0.341 e. The van der Waals surface area contributed by atoms with Crippen LogP contribution in [0.1, 0.15) is 127 Å². The fourth-order valence-electron chi connectivity index (χ4n) is 13.7. The summed E-state index contributed by atoms with van der Waals surface area (Å²) in [6.07, 6.45) is -12.5. The highest BCUT2D eigenvalue weighted by Gasteiger charge is 2.53. The highest BCUT2D eigenvalue weighted by atomic mass is 32.2. The molecule has 0 spiro atoms. The second-order valence-corrected chi connectivity index (χ2v) is 31.0. The maximum absolute atomic E-state index is 14.0. The van der Waals surface area contributed by atoms with Gasteiger partial charge in [0.05, 0.1) is 107 Å². The van der Waals surface area contributed by atoms with Crippen molar-refractivity contribution in [3.63, 3.8) is 0 Å². The lowest BCUT2D eigenvalue weighted by atomic mass is 9.92. The second-order valence-electron chi connectivity index (χ2n) is 25.2. The van der Waals surface area contributed by atoms with Crippen LogP contribution in [0.5, 0.6) is 0 Å². The van der Waals surface area contributed by atoms with Gasteiger partial charge in [-0.2, -0.15) is 55.3 Å². The molecule has 4 unspecified atom stereocenters. The Labute approximate surface area is 625 Å². The summed E-state index contributed by atoms with van der Waals surface area (Å²) in [4.78, 5) is 112. The van der Waals surface area contributed by atoms with Gasteiger partial charge in [-0.05, 0) is 134 Å². The first-order chi connectivity index (χ1) is 51.7. The smallest absolute Gasteiger partial charge is 0.341 e. The minimum absolute atomic E-state index is 0.00643. The van der Waals surface area contributed by atoms with Gasteiger partial charge in [0, 0.05) is 84.9 Å². The number of urea groups is 5. The Morgan fingerprint density at radius 2 is 0.818 bits per heavy atom. The molecule has 0 saturated heterocycles. The summed E-state index contributed by atoms with van der Waals surface area (Å²) in [5.41, 5.74) is -2.14. The van der Waals surface area contributed by atoms with Crippen molar-refractivity contribution < 1.29 is 98.9 Å². The third kappa shape index (κ3) is 15.2. The summed E-state index contributed by atoms with van der Waals surface area (Å²) < 4.78 is 185. The molecule has 36 heteroatoms. The van der Waals surface area contributed by atoms with Crippen LogP contribution in [0, 0.1) is 34.0 Å². The van der Waals surface area contributed by atoms with E-state index in [1.54, 1.807) is 13.0 Å². The van der Waals surface area contributed by atoms with Crippen molar-refractivity contribution in [1.82, 2.24) is 25.3 Å². The van der Waals surface area contributed by atoms with Gasteiger partial charge in [-0.3, -0.25) is 33.3 Å². The van der Waals surface area contributed by atoms with E-state index >= 15 is 0 Å². The SMILES string of the molecule is CCNC(=O)N1C(=O)N(c2cccc(C(F)(F)F)c2)C2=C(C(=O)CC2)C1c1ccc(C#N)cc1S(=O)(=O)CC.CCS(=O)(=O)c1cc(C#N)ccc1C1C2=C(CCC2=O)N(c2cccc(C(F)(F)F)c2)C(=O)N1C(=O)NC.CN1C(=O)N(c2cccc(C(F)(F)F)c2)C2=C(C(=O)CC2)C1c1ccc(C#N)cc1S(C)=O. The Bertz CT molecular complexity index is 5430. The predicted molar refractivity (Wildman–Crippen MR) is 376 cm³/mol. The molecular formula is C74H62F9N11O13S3. The molecule has 24 nitrogen and oxygen atoms in total. The van der Waals surface area contributed by atoms with Crippen molar-refractivity contribution in [3.8, 4) is 18.2 Å². The summed E-state index contributed by atoms with van der Waals surface area (Å²) in [7, 11) is -6.89. The number of alkyl halides is 9. The first kappa shape index (κ1) is 80.7. The van der Waals surface area contributed by atoms with Crippen LogP contribution < -0.4 is 25.3 Å². The number of amides is 10. The number of hydrogen-bond donors (Lipinski definition) is 2. The standard InChI is InChI=1S/C26H23F3N4O5S.C25H21F3N4O5S.C23H18F3N3O3S/c1-3-31-24(35)33-23(18-9-8-15(14-30)12-21(18)39(37,38)4-2)22-19(10-11-20(22)34)32(25(33)36)17-7-5-6-16(13-17)26(27,28)29;1-3-38(36,37)20-11-14(13-29)7-8-17(20)22-21-18(9-10-19(21)33)31(24(35)32(22)23(34)30-2)16-6-4-5-15(12-16)25(26,27)28;1-28-21(16-7-6-13(12-27)10-19(16)33(2)32)20-17(8-9-18(20)30)29(22(28)31)15-5-3-4-14(11-15)23(24,25)26/h5-9,12-13,23H,3-4,10-11H2,1-2H3,(H,31,35);4-8,11-12,22H,3,9-10H2,1-2H3,(H,30,34);3-7,10-11,21H,8-9H2,1-2H3. The van der Waals surface area contributed by atoms with Gasteiger partial charge in [0.25, 0.3) is 0 Å². The molecule has 0 fully saturated rings. The summed E-state index contributed by atoms with van der Waals surface area (Å²) in [5, 5.41) is 32.7. The van der Waals surface area contributed by atoms with E-state index in [1.807, 2.05) is 18.2 Å². The maximum Gasteiger partial charge on any atom is 0.416 e. The van der Waals surface area contributed by atoms with Crippen molar-refractivity contribution >= 4 is 95.0 Å². The number of ketones is 3. The van der Waals surface area contributed by atoms with Crippen LogP contribution in [0.15, 0.2) is 176 Å². The van der Waals surface area contributed by atoms with Gasteiger partial charge in [0.2, 0.25) is 0 Å². The number of hydrogen-bond acceptors (Lipinski definition) is 16. The van der Waals surface area contributed by atoms with Gasteiger partial charge in [-0.15, -0.1) is 0 Å². The van der Waals surface area contributed by atoms with Crippen molar-refractivity contribution in [3.05, 3.63) is 211 Å². The van der Waals surface area contributed by atoms with E-state index in [0.29, 0.717) is 26.0 Å². The van der Waals surface area contributed by atoms with Crippen LogP contribution in [0.4, 0.5) is 80.5 Å². The molecule has 3 aliphatic carbocycles. The average molecular weight is 1580 g/mol. The third-order valence-corrected chi connectivity index (χ3v) is 23.3. The second kappa shape index (κ2) is 31.0. The van der Waals surface area contributed by atoms with Gasteiger partial charge >= 0.3 is 48.7 Å². The third-order valence-electron chi connectivity index (χ3n) is 18.7. The number of nitrogens with one attached hydrogen (secondary N) is 2. The van der Waals surface area contributed by atoms with Crippen LogP contribution >= 0.6 is 0 Å². The van der Waals surface area contributed by atoms with Crippen molar-refractivity contribution in [1.29, 1.82) is 15.8 Å². The van der Waals surface area contributed by atoms with Crippen LogP contribution in [0.2, 0.25) is 0 Å². The number of Topliss-reactive ketones (excluding diaryl/α,β-unsaturated/α-hetero) is 3. The molecule has 6 aliphatic rings. The zero-order valence-corrected chi connectivity index (χ0v) is 61.1. The molecule has 0 radical (unpaired) electrons.